The molecule has 0 aliphatic carbocycles. The zero-order chi connectivity index (χ0) is 13.5. The van der Waals surface area contributed by atoms with Crippen LogP contribution in [-0.4, -0.2) is 36.6 Å². The first kappa shape index (κ1) is 14.2. The van der Waals surface area contributed by atoms with Crippen molar-refractivity contribution in [3.05, 3.63) is 11.4 Å². The van der Waals surface area contributed by atoms with Gasteiger partial charge in [0.1, 0.15) is 24.0 Å². The van der Waals surface area contributed by atoms with E-state index in [1.807, 2.05) is 14.0 Å². The highest BCUT2D eigenvalue weighted by molar-refractivity contribution is 5.75. The SMILES string of the molecule is CCCc1nc(NC)c(C)c(NCC(=O)OC)n1. The molecule has 0 spiro atoms. The fourth-order valence-electron chi connectivity index (χ4n) is 1.54. The van der Waals surface area contributed by atoms with Crippen LogP contribution in [0.5, 0.6) is 0 Å². The van der Waals surface area contributed by atoms with Crippen LogP contribution in [0.15, 0.2) is 0 Å². The number of carbonyl (C=O) groups excluding carboxylic acids is 1. The number of rotatable bonds is 6. The maximum atomic E-state index is 11.1. The maximum Gasteiger partial charge on any atom is 0.325 e. The molecular weight excluding hydrogens is 232 g/mol. The van der Waals surface area contributed by atoms with Crippen molar-refractivity contribution in [1.82, 2.24) is 9.97 Å². The lowest BCUT2D eigenvalue weighted by atomic mass is 10.2. The van der Waals surface area contributed by atoms with E-state index >= 15 is 0 Å². The number of hydrogen-bond acceptors (Lipinski definition) is 6. The molecule has 6 nitrogen and oxygen atoms in total. The number of carbonyl (C=O) groups is 1. The Morgan fingerprint density at radius 3 is 2.56 bits per heavy atom. The highest BCUT2D eigenvalue weighted by atomic mass is 16.5. The number of nitrogens with one attached hydrogen (secondary N) is 2. The minimum Gasteiger partial charge on any atom is -0.468 e. The lowest BCUT2D eigenvalue weighted by Crippen LogP contribution is -2.18. The van der Waals surface area contributed by atoms with Gasteiger partial charge in [0.15, 0.2) is 0 Å². The molecule has 1 aromatic rings. The lowest BCUT2D eigenvalue weighted by molar-refractivity contribution is -0.138. The van der Waals surface area contributed by atoms with E-state index in [9.17, 15) is 4.79 Å². The fourth-order valence-corrected chi connectivity index (χ4v) is 1.54. The molecule has 100 valence electrons. The topological polar surface area (TPSA) is 76.1 Å². The minimum atomic E-state index is -0.323. The summed E-state index contributed by atoms with van der Waals surface area (Å²) in [5.41, 5.74) is 0.890. The molecule has 18 heavy (non-hydrogen) atoms. The van der Waals surface area contributed by atoms with E-state index in [2.05, 4.69) is 32.3 Å². The van der Waals surface area contributed by atoms with E-state index in [4.69, 9.17) is 0 Å². The van der Waals surface area contributed by atoms with Gasteiger partial charge in [-0.3, -0.25) is 4.79 Å². The molecule has 0 atom stereocenters. The summed E-state index contributed by atoms with van der Waals surface area (Å²) in [7, 11) is 3.17. The predicted octanol–water partition coefficient (Wildman–Crippen LogP) is 1.36. The predicted molar refractivity (Wildman–Crippen MR) is 70.8 cm³/mol. The van der Waals surface area contributed by atoms with Crippen molar-refractivity contribution < 1.29 is 9.53 Å². The fraction of sp³-hybridized carbons (Fsp3) is 0.583. The van der Waals surface area contributed by atoms with Crippen molar-refractivity contribution in [2.45, 2.75) is 26.7 Å². The van der Waals surface area contributed by atoms with Crippen LogP contribution >= 0.6 is 0 Å². The Balaban J connectivity index is 2.93. The third-order valence-electron chi connectivity index (χ3n) is 2.53. The first-order valence-electron chi connectivity index (χ1n) is 5.98. The van der Waals surface area contributed by atoms with Crippen LogP contribution in [0.3, 0.4) is 0 Å². The van der Waals surface area contributed by atoms with Gasteiger partial charge in [-0.1, -0.05) is 6.92 Å². The molecule has 6 heteroatoms. The number of methoxy groups -OCH3 is 1. The second kappa shape index (κ2) is 6.78. The molecule has 0 aliphatic rings. The van der Waals surface area contributed by atoms with Gasteiger partial charge in [0, 0.05) is 19.0 Å². The van der Waals surface area contributed by atoms with Gasteiger partial charge in [0.05, 0.1) is 7.11 Å². The quantitative estimate of drug-likeness (QED) is 0.745. The van der Waals surface area contributed by atoms with Gasteiger partial charge in [-0.2, -0.15) is 0 Å². The zero-order valence-corrected chi connectivity index (χ0v) is 11.3. The van der Waals surface area contributed by atoms with E-state index in [1.165, 1.54) is 7.11 Å². The molecule has 1 heterocycles. The van der Waals surface area contributed by atoms with Crippen LogP contribution in [0.1, 0.15) is 24.7 Å². The van der Waals surface area contributed by atoms with Gasteiger partial charge < -0.3 is 15.4 Å². The van der Waals surface area contributed by atoms with E-state index in [0.717, 1.165) is 30.0 Å². The van der Waals surface area contributed by atoms with Gasteiger partial charge in [-0.05, 0) is 13.3 Å². The zero-order valence-electron chi connectivity index (χ0n) is 11.3. The Kier molecular flexibility index (Phi) is 5.35. The largest absolute Gasteiger partial charge is 0.468 e. The van der Waals surface area contributed by atoms with Crippen LogP contribution in [0.2, 0.25) is 0 Å². The molecule has 0 radical (unpaired) electrons. The van der Waals surface area contributed by atoms with Gasteiger partial charge in [-0.15, -0.1) is 0 Å². The first-order chi connectivity index (χ1) is 8.62. The standard InChI is InChI=1S/C12H20N4O2/c1-5-6-9-15-11(13-3)8(2)12(16-9)14-7-10(17)18-4/h5-7H2,1-4H3,(H2,13,14,15,16). The summed E-state index contributed by atoms with van der Waals surface area (Å²) in [6.45, 7) is 4.08. The second-order valence-corrected chi connectivity index (χ2v) is 3.89. The molecule has 0 bridgehead atoms. The summed E-state index contributed by atoms with van der Waals surface area (Å²) < 4.78 is 4.59. The third-order valence-corrected chi connectivity index (χ3v) is 2.53. The summed E-state index contributed by atoms with van der Waals surface area (Å²) in [5, 5.41) is 6.00. The molecule has 1 aromatic heterocycles. The van der Waals surface area contributed by atoms with Gasteiger partial charge in [0.2, 0.25) is 0 Å². The summed E-state index contributed by atoms with van der Waals surface area (Å²) >= 11 is 0. The van der Waals surface area contributed by atoms with Gasteiger partial charge in [-0.25, -0.2) is 9.97 Å². The Bertz CT molecular complexity index is 421. The van der Waals surface area contributed by atoms with E-state index in [1.54, 1.807) is 0 Å². The molecule has 0 aliphatic heterocycles. The van der Waals surface area contributed by atoms with Crippen molar-refractivity contribution >= 4 is 17.6 Å². The average molecular weight is 252 g/mol. The highest BCUT2D eigenvalue weighted by Gasteiger charge is 2.10. The summed E-state index contributed by atoms with van der Waals surface area (Å²) in [4.78, 5) is 19.9. The summed E-state index contributed by atoms with van der Waals surface area (Å²) in [5.74, 6) is 1.89. The molecular formula is C12H20N4O2. The third kappa shape index (κ3) is 3.58. The molecule has 0 aromatic carbocycles. The van der Waals surface area contributed by atoms with Crippen molar-refractivity contribution in [1.29, 1.82) is 0 Å². The number of ether oxygens (including phenoxy) is 1. The van der Waals surface area contributed by atoms with E-state index < -0.39 is 0 Å². The van der Waals surface area contributed by atoms with Crippen molar-refractivity contribution in [3.8, 4) is 0 Å². The Labute approximate surface area is 107 Å². The number of hydrogen-bond donors (Lipinski definition) is 2. The molecule has 0 fully saturated rings. The van der Waals surface area contributed by atoms with Crippen LogP contribution in [0.25, 0.3) is 0 Å². The molecule has 0 unspecified atom stereocenters. The van der Waals surface area contributed by atoms with Gasteiger partial charge in [0.25, 0.3) is 0 Å². The van der Waals surface area contributed by atoms with Gasteiger partial charge >= 0.3 is 5.97 Å². The smallest absolute Gasteiger partial charge is 0.325 e. The van der Waals surface area contributed by atoms with E-state index in [-0.39, 0.29) is 12.5 Å². The monoisotopic (exact) mass is 252 g/mol. The van der Waals surface area contributed by atoms with Crippen LogP contribution in [0.4, 0.5) is 11.6 Å². The Morgan fingerprint density at radius 1 is 1.33 bits per heavy atom. The number of nitrogens with zero attached hydrogens (tertiary/aromatic N) is 2. The molecule has 0 saturated heterocycles. The first-order valence-corrected chi connectivity index (χ1v) is 5.98. The molecule has 2 N–H and O–H groups in total. The summed E-state index contributed by atoms with van der Waals surface area (Å²) in [6.07, 6.45) is 1.78. The number of aryl methyl sites for hydroxylation is 1. The van der Waals surface area contributed by atoms with Crippen LogP contribution in [-0.2, 0) is 16.0 Å². The van der Waals surface area contributed by atoms with Crippen LogP contribution < -0.4 is 10.6 Å². The number of aromatic nitrogens is 2. The maximum absolute atomic E-state index is 11.1. The second-order valence-electron chi connectivity index (χ2n) is 3.89. The molecule has 0 saturated carbocycles. The summed E-state index contributed by atoms with van der Waals surface area (Å²) in [6, 6.07) is 0. The van der Waals surface area contributed by atoms with Crippen molar-refractivity contribution in [2.24, 2.45) is 0 Å². The Morgan fingerprint density at radius 2 is 2.00 bits per heavy atom. The number of anilines is 2. The van der Waals surface area contributed by atoms with Crippen LogP contribution in [0, 0.1) is 6.92 Å². The Hall–Kier alpha value is -1.85. The van der Waals surface area contributed by atoms with Crippen molar-refractivity contribution in [3.63, 3.8) is 0 Å². The number of esters is 1. The average Bonchev–Trinajstić information content (AvgIpc) is 2.38. The van der Waals surface area contributed by atoms with Crippen molar-refractivity contribution in [2.75, 3.05) is 31.3 Å². The van der Waals surface area contributed by atoms with E-state index in [0.29, 0.717) is 5.82 Å². The highest BCUT2D eigenvalue weighted by Crippen LogP contribution is 2.19. The molecule has 0 amide bonds. The minimum absolute atomic E-state index is 0.100. The molecule has 1 rings (SSSR count). The normalized spacial score (nSPS) is 10.0. The lowest BCUT2D eigenvalue weighted by Gasteiger charge is -2.12.